The Balaban J connectivity index is 1.89. The van der Waals surface area contributed by atoms with E-state index < -0.39 is 17.7 Å². The molecule has 1 fully saturated rings. The maximum atomic E-state index is 13.6. The summed E-state index contributed by atoms with van der Waals surface area (Å²) in [5.74, 6) is -0.986. The molecule has 7 nitrogen and oxygen atoms in total. The van der Waals surface area contributed by atoms with Crippen LogP contribution in [-0.4, -0.2) is 41.6 Å². The molecule has 1 aliphatic heterocycles. The van der Waals surface area contributed by atoms with Crippen molar-refractivity contribution in [2.75, 3.05) is 29.5 Å². The fourth-order valence-corrected chi connectivity index (χ4v) is 5.18. The monoisotopic (exact) mass is 542 g/mol. The van der Waals surface area contributed by atoms with E-state index in [4.69, 9.17) is 4.74 Å². The molecule has 1 atom stereocenters. The maximum absolute atomic E-state index is 13.6. The number of carbonyl (C=O) groups excluding carboxylic acids is 2. The van der Waals surface area contributed by atoms with Crippen LogP contribution in [0, 0.1) is 0 Å². The molecule has 3 aromatic carbocycles. The minimum Gasteiger partial charge on any atom is -0.508 e. The molecule has 210 valence electrons. The zero-order chi connectivity index (χ0) is 29.2. The number of rotatable bonds is 8. The summed E-state index contributed by atoms with van der Waals surface area (Å²) in [5, 5.41) is 21.6. The van der Waals surface area contributed by atoms with Gasteiger partial charge in [0.1, 0.15) is 17.3 Å². The molecule has 0 spiro atoms. The highest BCUT2D eigenvalue weighted by atomic mass is 16.5. The number of ether oxygens (including phenoxy) is 1. The fourth-order valence-electron chi connectivity index (χ4n) is 5.18. The Labute approximate surface area is 236 Å². The SMILES string of the molecule is CCOc1ccc(/C(O)=C2/C(=O)C(=O)N(c3ccc(N(CC)CC)cc3)C2c2ccc(O)cc2)cc1C(C)(C)C. The number of hydrogen-bond donors (Lipinski definition) is 2. The van der Waals surface area contributed by atoms with Gasteiger partial charge in [0.25, 0.3) is 11.7 Å². The first-order valence-electron chi connectivity index (χ1n) is 13.7. The second kappa shape index (κ2) is 11.5. The molecule has 40 heavy (non-hydrogen) atoms. The molecule has 1 aliphatic rings. The number of carbonyl (C=O) groups is 2. The van der Waals surface area contributed by atoms with Crippen molar-refractivity contribution in [3.05, 3.63) is 89.0 Å². The average Bonchev–Trinajstić information content (AvgIpc) is 3.19. The number of phenols is 1. The van der Waals surface area contributed by atoms with Crippen LogP contribution < -0.4 is 14.5 Å². The summed E-state index contributed by atoms with van der Waals surface area (Å²) < 4.78 is 5.83. The van der Waals surface area contributed by atoms with E-state index in [1.54, 1.807) is 24.3 Å². The second-order valence-electron chi connectivity index (χ2n) is 10.8. The van der Waals surface area contributed by atoms with Gasteiger partial charge in [-0.3, -0.25) is 14.5 Å². The van der Waals surface area contributed by atoms with Gasteiger partial charge >= 0.3 is 0 Å². The number of nitrogens with zero attached hydrogens (tertiary/aromatic N) is 2. The molecule has 0 radical (unpaired) electrons. The van der Waals surface area contributed by atoms with Crippen LogP contribution in [0.2, 0.25) is 0 Å². The molecule has 3 aromatic rings. The topological polar surface area (TPSA) is 90.3 Å². The van der Waals surface area contributed by atoms with Crippen LogP contribution in [0.1, 0.15) is 64.3 Å². The number of Topliss-reactive ketones (excluding diaryl/α,β-unsaturated/α-hetero) is 1. The van der Waals surface area contributed by atoms with Crippen molar-refractivity contribution in [1.82, 2.24) is 0 Å². The lowest BCUT2D eigenvalue weighted by Gasteiger charge is -2.27. The highest BCUT2D eigenvalue weighted by molar-refractivity contribution is 6.51. The summed E-state index contributed by atoms with van der Waals surface area (Å²) in [5.41, 5.74) is 3.14. The summed E-state index contributed by atoms with van der Waals surface area (Å²) in [6, 6.07) is 18.3. The lowest BCUT2D eigenvalue weighted by molar-refractivity contribution is -0.132. The molecule has 0 saturated carbocycles. The second-order valence-corrected chi connectivity index (χ2v) is 10.8. The molecule has 0 aliphatic carbocycles. The Bertz CT molecular complexity index is 1410. The molecule has 0 aromatic heterocycles. The summed E-state index contributed by atoms with van der Waals surface area (Å²) >= 11 is 0. The first kappa shape index (κ1) is 28.7. The van der Waals surface area contributed by atoms with E-state index in [0.717, 1.165) is 24.3 Å². The number of anilines is 2. The normalized spacial score (nSPS) is 16.9. The summed E-state index contributed by atoms with van der Waals surface area (Å²) in [6.07, 6.45) is 0. The largest absolute Gasteiger partial charge is 0.508 e. The fraction of sp³-hybridized carbons (Fsp3) is 0.333. The zero-order valence-corrected chi connectivity index (χ0v) is 24.1. The van der Waals surface area contributed by atoms with Crippen LogP contribution in [0.3, 0.4) is 0 Å². The van der Waals surface area contributed by atoms with E-state index in [-0.39, 0.29) is 22.5 Å². The quantitative estimate of drug-likeness (QED) is 0.190. The molecule has 1 amide bonds. The summed E-state index contributed by atoms with van der Waals surface area (Å²) in [6.45, 7) is 14.4. The van der Waals surface area contributed by atoms with Gasteiger partial charge in [-0.2, -0.15) is 0 Å². The first-order chi connectivity index (χ1) is 19.0. The van der Waals surface area contributed by atoms with Crippen LogP contribution in [0.25, 0.3) is 5.76 Å². The van der Waals surface area contributed by atoms with Gasteiger partial charge in [0, 0.05) is 35.6 Å². The third kappa shape index (κ3) is 5.41. The van der Waals surface area contributed by atoms with Gasteiger partial charge in [0.15, 0.2) is 0 Å². The maximum Gasteiger partial charge on any atom is 0.300 e. The minimum atomic E-state index is -0.885. The molecule has 1 unspecified atom stereocenters. The van der Waals surface area contributed by atoms with E-state index in [0.29, 0.717) is 29.2 Å². The Kier molecular flexibility index (Phi) is 8.24. The van der Waals surface area contributed by atoms with Gasteiger partial charge in [-0.1, -0.05) is 32.9 Å². The Morgan fingerprint density at radius 2 is 1.55 bits per heavy atom. The minimum absolute atomic E-state index is 0.00692. The molecule has 1 saturated heterocycles. The van der Waals surface area contributed by atoms with Crippen molar-refractivity contribution >= 4 is 28.8 Å². The van der Waals surface area contributed by atoms with Gasteiger partial charge in [0.2, 0.25) is 0 Å². The van der Waals surface area contributed by atoms with Crippen LogP contribution in [0.4, 0.5) is 11.4 Å². The smallest absolute Gasteiger partial charge is 0.300 e. The van der Waals surface area contributed by atoms with E-state index in [1.807, 2.05) is 58.0 Å². The van der Waals surface area contributed by atoms with Crippen molar-refractivity contribution in [3.63, 3.8) is 0 Å². The van der Waals surface area contributed by atoms with Crippen molar-refractivity contribution in [3.8, 4) is 11.5 Å². The predicted molar refractivity (Wildman–Crippen MR) is 159 cm³/mol. The third-order valence-corrected chi connectivity index (χ3v) is 7.27. The number of hydrogen-bond acceptors (Lipinski definition) is 6. The number of phenolic OH excluding ortho intramolecular Hbond substituents is 1. The first-order valence-corrected chi connectivity index (χ1v) is 13.7. The average molecular weight is 543 g/mol. The Morgan fingerprint density at radius 3 is 2.10 bits per heavy atom. The summed E-state index contributed by atoms with van der Waals surface area (Å²) in [7, 11) is 0. The molecule has 2 N–H and O–H groups in total. The van der Waals surface area contributed by atoms with Crippen molar-refractivity contribution in [1.29, 1.82) is 0 Å². The van der Waals surface area contributed by atoms with Crippen LogP contribution in [0.5, 0.6) is 11.5 Å². The van der Waals surface area contributed by atoms with E-state index in [9.17, 15) is 19.8 Å². The highest BCUT2D eigenvalue weighted by Crippen LogP contribution is 2.43. The van der Waals surface area contributed by atoms with Crippen molar-refractivity contribution < 1.29 is 24.5 Å². The van der Waals surface area contributed by atoms with Crippen LogP contribution >= 0.6 is 0 Å². The van der Waals surface area contributed by atoms with Crippen molar-refractivity contribution in [2.45, 2.75) is 53.0 Å². The molecule has 4 rings (SSSR count). The van der Waals surface area contributed by atoms with Gasteiger partial charge < -0.3 is 19.8 Å². The van der Waals surface area contributed by atoms with Crippen molar-refractivity contribution in [2.24, 2.45) is 0 Å². The number of aliphatic hydroxyl groups is 1. The van der Waals surface area contributed by atoms with Gasteiger partial charge in [-0.15, -0.1) is 0 Å². The lowest BCUT2D eigenvalue weighted by atomic mass is 9.84. The predicted octanol–water partition coefficient (Wildman–Crippen LogP) is 6.56. The van der Waals surface area contributed by atoms with Crippen LogP contribution in [-0.2, 0) is 15.0 Å². The lowest BCUT2D eigenvalue weighted by Crippen LogP contribution is -2.29. The third-order valence-electron chi connectivity index (χ3n) is 7.27. The van der Waals surface area contributed by atoms with E-state index in [2.05, 4.69) is 18.7 Å². The highest BCUT2D eigenvalue weighted by Gasteiger charge is 2.47. The van der Waals surface area contributed by atoms with Crippen LogP contribution in [0.15, 0.2) is 72.3 Å². The van der Waals surface area contributed by atoms with E-state index in [1.165, 1.54) is 17.0 Å². The molecule has 7 heteroatoms. The molecular formula is C33H38N2O5. The molecular weight excluding hydrogens is 504 g/mol. The van der Waals surface area contributed by atoms with Gasteiger partial charge in [-0.05, 0) is 86.3 Å². The Hall–Kier alpha value is -4.26. The number of ketones is 1. The van der Waals surface area contributed by atoms with E-state index >= 15 is 0 Å². The number of amides is 1. The van der Waals surface area contributed by atoms with Gasteiger partial charge in [0.05, 0.1) is 18.2 Å². The standard InChI is InChI=1S/C33H38N2O5/c1-7-34(8-2)23-13-15-24(16-14-23)35-29(21-10-17-25(36)18-11-21)28(31(38)32(35)39)30(37)22-12-19-27(40-9-3)26(20-22)33(4,5)6/h10-20,29,36-37H,7-9H2,1-6H3/b30-28-. The number of benzene rings is 3. The Morgan fingerprint density at radius 1 is 0.925 bits per heavy atom. The molecule has 0 bridgehead atoms. The number of aliphatic hydroxyl groups excluding tert-OH is 1. The number of aromatic hydroxyl groups is 1. The molecule has 1 heterocycles. The zero-order valence-electron chi connectivity index (χ0n) is 24.1. The van der Waals surface area contributed by atoms with Gasteiger partial charge in [-0.25, -0.2) is 0 Å². The summed E-state index contributed by atoms with van der Waals surface area (Å²) in [4.78, 5) is 30.7.